The predicted molar refractivity (Wildman–Crippen MR) is 161 cm³/mol. The highest BCUT2D eigenvalue weighted by Crippen LogP contribution is 2.37. The molecule has 2 aliphatic rings. The van der Waals surface area contributed by atoms with Crippen molar-refractivity contribution in [3.05, 3.63) is 70.9 Å². The molecule has 1 fully saturated rings. The van der Waals surface area contributed by atoms with Crippen molar-refractivity contribution in [2.45, 2.75) is 30.2 Å². The van der Waals surface area contributed by atoms with Gasteiger partial charge in [-0.1, -0.05) is 17.7 Å². The van der Waals surface area contributed by atoms with Gasteiger partial charge in [-0.3, -0.25) is 4.72 Å². The van der Waals surface area contributed by atoms with Gasteiger partial charge in [-0.05, 0) is 54.8 Å². The van der Waals surface area contributed by atoms with Gasteiger partial charge >= 0.3 is 0 Å². The highest BCUT2D eigenvalue weighted by molar-refractivity contribution is 7.92. The summed E-state index contributed by atoms with van der Waals surface area (Å²) in [7, 11) is -2.57. The number of halogens is 3. The van der Waals surface area contributed by atoms with Gasteiger partial charge in [0.1, 0.15) is 11.6 Å². The third kappa shape index (κ3) is 6.23. The standard InChI is InChI=1S/C30H30ClF2N5O4S/c1-41-13-11-38-9-6-21(7-10-38)35-30-34-17-19-14-18(2-4-24(19)36-30)28-23(32)3-5-25(29(28)33)37-43(39,40)27-16-20(31)15-26-22(27)8-12-42-26/h2-5,14-17,21,37H,6-13H2,1H3,(H,34,35,36). The Morgan fingerprint density at radius 3 is 2.74 bits per heavy atom. The van der Waals surface area contributed by atoms with E-state index in [2.05, 4.69) is 24.9 Å². The number of hydrogen-bond donors (Lipinski definition) is 2. The van der Waals surface area contributed by atoms with Crippen LogP contribution >= 0.6 is 11.6 Å². The van der Waals surface area contributed by atoms with Crippen molar-refractivity contribution in [3.8, 4) is 16.9 Å². The lowest BCUT2D eigenvalue weighted by Crippen LogP contribution is -2.40. The van der Waals surface area contributed by atoms with Crippen LogP contribution in [0.15, 0.2) is 53.6 Å². The normalized spacial score (nSPS) is 15.8. The number of rotatable bonds is 9. The molecule has 1 aromatic heterocycles. The number of hydrogen-bond acceptors (Lipinski definition) is 8. The Kier molecular flexibility index (Phi) is 8.36. The molecule has 0 atom stereocenters. The topological polar surface area (TPSA) is 106 Å². The number of fused-ring (bicyclic) bond motifs is 2. The van der Waals surface area contributed by atoms with Crippen LogP contribution in [-0.2, 0) is 21.2 Å². The van der Waals surface area contributed by atoms with E-state index >= 15 is 8.78 Å². The quantitative estimate of drug-likeness (QED) is 0.251. The predicted octanol–water partition coefficient (Wildman–Crippen LogP) is 5.49. The second-order valence-electron chi connectivity index (χ2n) is 10.6. The van der Waals surface area contributed by atoms with Gasteiger partial charge in [-0.25, -0.2) is 27.2 Å². The monoisotopic (exact) mass is 629 g/mol. The zero-order valence-electron chi connectivity index (χ0n) is 23.4. The molecule has 0 unspecified atom stereocenters. The van der Waals surface area contributed by atoms with Crippen LogP contribution in [0.1, 0.15) is 18.4 Å². The molecule has 0 bridgehead atoms. The third-order valence-electron chi connectivity index (χ3n) is 7.77. The minimum Gasteiger partial charge on any atom is -0.493 e. The minimum atomic E-state index is -4.27. The fraction of sp³-hybridized carbons (Fsp3) is 0.333. The van der Waals surface area contributed by atoms with Crippen LogP contribution < -0.4 is 14.8 Å². The first-order valence-corrected chi connectivity index (χ1v) is 15.8. The summed E-state index contributed by atoms with van der Waals surface area (Å²) >= 11 is 6.11. The maximum atomic E-state index is 15.8. The number of aromatic nitrogens is 2. The van der Waals surface area contributed by atoms with Crippen LogP contribution in [0.25, 0.3) is 22.0 Å². The molecule has 0 aliphatic carbocycles. The van der Waals surface area contributed by atoms with Crippen molar-refractivity contribution in [2.75, 3.05) is 50.0 Å². The number of ether oxygens (including phenoxy) is 2. The summed E-state index contributed by atoms with van der Waals surface area (Å²) in [6.07, 6.45) is 3.88. The number of anilines is 2. The number of nitrogens with zero attached hydrogens (tertiary/aromatic N) is 3. The van der Waals surface area contributed by atoms with E-state index in [4.69, 9.17) is 21.1 Å². The van der Waals surface area contributed by atoms with Gasteiger partial charge in [0.15, 0.2) is 5.82 Å². The number of likely N-dealkylation sites (tertiary alicyclic amines) is 1. The first-order chi connectivity index (χ1) is 20.7. The maximum Gasteiger partial charge on any atom is 0.262 e. The molecule has 9 nitrogen and oxygen atoms in total. The van der Waals surface area contributed by atoms with Crippen molar-refractivity contribution < 1.29 is 26.7 Å². The summed E-state index contributed by atoms with van der Waals surface area (Å²) in [6.45, 7) is 3.85. The SMILES string of the molecule is COCCN1CCC(Nc2ncc3cc(-c4c(F)ccc(NS(=O)(=O)c5cc(Cl)cc6c5CCO6)c4F)ccc3n2)CC1. The van der Waals surface area contributed by atoms with Gasteiger partial charge in [0.25, 0.3) is 10.0 Å². The second-order valence-corrected chi connectivity index (χ2v) is 12.7. The number of methoxy groups -OCH3 is 1. The van der Waals surface area contributed by atoms with E-state index in [1.807, 2.05) is 0 Å². The Balaban J connectivity index is 1.22. The fourth-order valence-electron chi connectivity index (χ4n) is 5.52. The molecule has 4 aromatic rings. The molecule has 226 valence electrons. The van der Waals surface area contributed by atoms with Crippen LogP contribution in [0.5, 0.6) is 5.75 Å². The van der Waals surface area contributed by atoms with Crippen LogP contribution in [0, 0.1) is 11.6 Å². The zero-order valence-corrected chi connectivity index (χ0v) is 24.9. The molecular formula is C30H30ClF2N5O4S. The Morgan fingerprint density at radius 1 is 1.14 bits per heavy atom. The van der Waals surface area contributed by atoms with Gasteiger partial charge in [0.05, 0.1) is 34.9 Å². The van der Waals surface area contributed by atoms with Crippen LogP contribution in [0.4, 0.5) is 20.4 Å². The van der Waals surface area contributed by atoms with Crippen molar-refractivity contribution in [2.24, 2.45) is 0 Å². The lowest BCUT2D eigenvalue weighted by atomic mass is 10.0. The fourth-order valence-corrected chi connectivity index (χ4v) is 7.16. The smallest absolute Gasteiger partial charge is 0.262 e. The molecule has 43 heavy (non-hydrogen) atoms. The van der Waals surface area contributed by atoms with E-state index in [-0.39, 0.29) is 27.1 Å². The van der Waals surface area contributed by atoms with E-state index in [9.17, 15) is 8.42 Å². The van der Waals surface area contributed by atoms with Gasteiger partial charge in [0, 0.05) is 61.4 Å². The maximum absolute atomic E-state index is 15.8. The molecule has 2 N–H and O–H groups in total. The third-order valence-corrected chi connectivity index (χ3v) is 9.42. The van der Waals surface area contributed by atoms with Crippen molar-refractivity contribution in [1.29, 1.82) is 0 Å². The summed E-state index contributed by atoms with van der Waals surface area (Å²) in [5.74, 6) is -1.03. The lowest BCUT2D eigenvalue weighted by molar-refractivity contribution is 0.132. The van der Waals surface area contributed by atoms with Gasteiger partial charge in [-0.2, -0.15) is 0 Å². The molecule has 1 saturated heterocycles. The summed E-state index contributed by atoms with van der Waals surface area (Å²) in [6, 6.07) is 9.94. The molecule has 0 spiro atoms. The van der Waals surface area contributed by atoms with E-state index in [1.54, 1.807) is 31.5 Å². The number of benzene rings is 3. The molecule has 13 heteroatoms. The number of piperidine rings is 1. The molecule has 3 aromatic carbocycles. The Morgan fingerprint density at radius 2 is 1.95 bits per heavy atom. The first kappa shape index (κ1) is 29.5. The Bertz CT molecular complexity index is 1780. The van der Waals surface area contributed by atoms with Gasteiger partial charge in [-0.15, -0.1) is 0 Å². The number of nitrogens with one attached hydrogen (secondary N) is 2. The van der Waals surface area contributed by atoms with E-state index < -0.39 is 27.3 Å². The van der Waals surface area contributed by atoms with Crippen molar-refractivity contribution in [3.63, 3.8) is 0 Å². The molecule has 2 aliphatic heterocycles. The number of sulfonamides is 1. The van der Waals surface area contributed by atoms with Crippen LogP contribution in [-0.4, -0.2) is 69.3 Å². The highest BCUT2D eigenvalue weighted by atomic mass is 35.5. The molecule has 6 rings (SSSR count). The first-order valence-electron chi connectivity index (χ1n) is 13.9. The highest BCUT2D eigenvalue weighted by Gasteiger charge is 2.28. The zero-order chi connectivity index (χ0) is 30.1. The Labute approximate surface area is 253 Å². The molecule has 0 amide bonds. The van der Waals surface area contributed by atoms with E-state index in [1.165, 1.54) is 12.1 Å². The van der Waals surface area contributed by atoms with Crippen molar-refractivity contribution >= 4 is 44.2 Å². The van der Waals surface area contributed by atoms with Crippen LogP contribution in [0.2, 0.25) is 5.02 Å². The van der Waals surface area contributed by atoms with E-state index in [0.717, 1.165) is 44.6 Å². The largest absolute Gasteiger partial charge is 0.493 e. The summed E-state index contributed by atoms with van der Waals surface area (Å²) in [4.78, 5) is 11.3. The van der Waals surface area contributed by atoms with E-state index in [0.29, 0.717) is 47.8 Å². The lowest BCUT2D eigenvalue weighted by Gasteiger charge is -2.32. The summed E-state index contributed by atoms with van der Waals surface area (Å²) in [5, 5.41) is 4.14. The molecule has 0 radical (unpaired) electrons. The van der Waals surface area contributed by atoms with Crippen molar-refractivity contribution in [1.82, 2.24) is 14.9 Å². The average Bonchev–Trinajstić information content (AvgIpc) is 3.46. The minimum absolute atomic E-state index is 0.110. The molecular weight excluding hydrogens is 600 g/mol. The van der Waals surface area contributed by atoms with Gasteiger partial charge < -0.3 is 19.7 Å². The van der Waals surface area contributed by atoms with Crippen LogP contribution in [0.3, 0.4) is 0 Å². The second kappa shape index (κ2) is 12.2. The summed E-state index contributed by atoms with van der Waals surface area (Å²) < 4.78 is 70.3. The summed E-state index contributed by atoms with van der Waals surface area (Å²) in [5.41, 5.74) is 0.509. The van der Waals surface area contributed by atoms with Gasteiger partial charge in [0.2, 0.25) is 5.95 Å². The molecule has 0 saturated carbocycles. The Hall–Kier alpha value is -3.58. The molecule has 3 heterocycles. The average molecular weight is 630 g/mol.